The third kappa shape index (κ3) is 4.22. The van der Waals surface area contributed by atoms with Crippen molar-refractivity contribution in [3.63, 3.8) is 0 Å². The highest BCUT2D eigenvalue weighted by Crippen LogP contribution is 2.24. The van der Waals surface area contributed by atoms with Crippen molar-refractivity contribution in [2.24, 2.45) is 5.73 Å². The molecule has 0 atom stereocenters. The molecule has 0 unspecified atom stereocenters. The molecule has 0 saturated carbocycles. The van der Waals surface area contributed by atoms with Crippen molar-refractivity contribution >= 4 is 34.1 Å². The second kappa shape index (κ2) is 8.32. The lowest BCUT2D eigenvalue weighted by molar-refractivity contribution is -0.119. The molecule has 0 aliphatic carbocycles. The number of aryl methyl sites for hydroxylation is 2. The van der Waals surface area contributed by atoms with Gasteiger partial charge in [-0.15, -0.1) is 11.3 Å². The Hall–Kier alpha value is -3.39. The molecule has 2 aromatic heterocycles. The van der Waals surface area contributed by atoms with Crippen LogP contribution in [0.1, 0.15) is 37.7 Å². The molecule has 2 heterocycles. The first-order valence-corrected chi connectivity index (χ1v) is 9.76. The van der Waals surface area contributed by atoms with E-state index < -0.39 is 24.4 Å². The molecule has 150 valence electrons. The molecule has 0 spiro atoms. The van der Waals surface area contributed by atoms with E-state index in [0.717, 1.165) is 22.6 Å². The van der Waals surface area contributed by atoms with Crippen LogP contribution in [0.25, 0.3) is 5.69 Å². The smallest absolute Gasteiger partial charge is 0.340 e. The van der Waals surface area contributed by atoms with E-state index in [0.29, 0.717) is 10.6 Å². The minimum absolute atomic E-state index is 0.219. The Labute approximate surface area is 172 Å². The second-order valence-electron chi connectivity index (χ2n) is 6.56. The number of para-hydroxylation sites is 1. The first-order valence-electron chi connectivity index (χ1n) is 8.88. The number of hydrogen-bond acceptors (Lipinski definition) is 5. The number of nitrogens with one attached hydrogen (secondary N) is 1. The lowest BCUT2D eigenvalue weighted by Crippen LogP contribution is -2.22. The van der Waals surface area contributed by atoms with Gasteiger partial charge in [0, 0.05) is 17.1 Å². The molecule has 29 heavy (non-hydrogen) atoms. The van der Waals surface area contributed by atoms with E-state index in [1.165, 1.54) is 17.4 Å². The van der Waals surface area contributed by atoms with Gasteiger partial charge in [-0.05, 0) is 49.9 Å². The van der Waals surface area contributed by atoms with Crippen LogP contribution in [0, 0.1) is 20.8 Å². The number of rotatable bonds is 6. The molecule has 0 saturated heterocycles. The van der Waals surface area contributed by atoms with Crippen molar-refractivity contribution in [2.45, 2.75) is 20.8 Å². The number of benzene rings is 1. The zero-order valence-electron chi connectivity index (χ0n) is 16.3. The number of anilines is 1. The number of carbonyl (C=O) groups is 3. The summed E-state index contributed by atoms with van der Waals surface area (Å²) < 4.78 is 7.16. The molecule has 3 aromatic rings. The minimum Gasteiger partial charge on any atom is -0.452 e. The lowest BCUT2D eigenvalue weighted by atomic mass is 10.2. The summed E-state index contributed by atoms with van der Waals surface area (Å²) in [5.41, 5.74) is 9.55. The molecule has 0 radical (unpaired) electrons. The van der Waals surface area contributed by atoms with E-state index in [-0.39, 0.29) is 5.56 Å². The van der Waals surface area contributed by atoms with Crippen molar-refractivity contribution in [2.75, 3.05) is 11.9 Å². The van der Waals surface area contributed by atoms with Crippen molar-refractivity contribution < 1.29 is 19.1 Å². The molecule has 3 rings (SSSR count). The predicted octanol–water partition coefficient (Wildman–Crippen LogP) is 3.36. The Morgan fingerprint density at radius 3 is 2.52 bits per heavy atom. The first-order chi connectivity index (χ1) is 13.8. The zero-order valence-corrected chi connectivity index (χ0v) is 17.1. The van der Waals surface area contributed by atoms with Gasteiger partial charge < -0.3 is 20.4 Å². The fraction of sp³-hybridized carbons (Fsp3) is 0.190. The Bertz CT molecular complexity index is 1100. The summed E-state index contributed by atoms with van der Waals surface area (Å²) >= 11 is 1.17. The maximum absolute atomic E-state index is 12.5. The van der Waals surface area contributed by atoms with Crippen LogP contribution in [0.4, 0.5) is 5.00 Å². The number of nitrogens with two attached hydrogens (primary N) is 1. The summed E-state index contributed by atoms with van der Waals surface area (Å²) in [5.74, 6) is -1.77. The van der Waals surface area contributed by atoms with Gasteiger partial charge >= 0.3 is 5.97 Å². The van der Waals surface area contributed by atoms with Gasteiger partial charge in [-0.3, -0.25) is 9.59 Å². The highest BCUT2D eigenvalue weighted by atomic mass is 32.1. The van der Waals surface area contributed by atoms with E-state index in [1.807, 2.05) is 49.6 Å². The van der Waals surface area contributed by atoms with Crippen molar-refractivity contribution in [1.82, 2.24) is 4.57 Å². The van der Waals surface area contributed by atoms with Gasteiger partial charge in [-0.1, -0.05) is 18.2 Å². The summed E-state index contributed by atoms with van der Waals surface area (Å²) in [6.07, 6.45) is 0. The summed E-state index contributed by atoms with van der Waals surface area (Å²) in [6.45, 7) is 5.27. The molecule has 2 amide bonds. The number of thiophene rings is 1. The number of aromatic nitrogens is 1. The van der Waals surface area contributed by atoms with Gasteiger partial charge in [0.05, 0.1) is 11.1 Å². The number of amides is 2. The fourth-order valence-corrected chi connectivity index (χ4v) is 3.93. The number of primary amides is 1. The van der Waals surface area contributed by atoms with Crippen molar-refractivity contribution in [3.8, 4) is 5.69 Å². The van der Waals surface area contributed by atoms with E-state index in [9.17, 15) is 14.4 Å². The number of carbonyl (C=O) groups excluding carboxylic acids is 3. The number of ether oxygens (including phenoxy) is 1. The lowest BCUT2D eigenvalue weighted by Gasteiger charge is -2.12. The van der Waals surface area contributed by atoms with Crippen LogP contribution >= 0.6 is 11.3 Å². The summed E-state index contributed by atoms with van der Waals surface area (Å²) in [4.78, 5) is 36.0. The van der Waals surface area contributed by atoms with Crippen LogP contribution in [0.5, 0.6) is 0 Å². The van der Waals surface area contributed by atoms with E-state index in [4.69, 9.17) is 10.5 Å². The normalized spacial score (nSPS) is 10.6. The average molecular weight is 411 g/mol. The van der Waals surface area contributed by atoms with Gasteiger partial charge in [0.15, 0.2) is 6.61 Å². The predicted molar refractivity (Wildman–Crippen MR) is 112 cm³/mol. The number of esters is 1. The number of nitrogens with zero attached hydrogens (tertiary/aromatic N) is 1. The molecule has 3 N–H and O–H groups in total. The van der Waals surface area contributed by atoms with Crippen LogP contribution in [0.3, 0.4) is 0 Å². The van der Waals surface area contributed by atoms with Gasteiger partial charge in [-0.2, -0.15) is 0 Å². The quantitative estimate of drug-likeness (QED) is 0.607. The maximum atomic E-state index is 12.5. The highest BCUT2D eigenvalue weighted by molar-refractivity contribution is 7.14. The molecular weight excluding hydrogens is 390 g/mol. The maximum Gasteiger partial charge on any atom is 0.340 e. The topological polar surface area (TPSA) is 103 Å². The van der Waals surface area contributed by atoms with Crippen molar-refractivity contribution in [1.29, 1.82) is 0 Å². The molecule has 0 aliphatic heterocycles. The molecule has 8 heteroatoms. The van der Waals surface area contributed by atoms with Crippen LogP contribution in [-0.4, -0.2) is 29.0 Å². The summed E-state index contributed by atoms with van der Waals surface area (Å²) in [5, 5.41) is 4.51. The molecule has 0 aliphatic rings. The summed E-state index contributed by atoms with van der Waals surface area (Å²) in [6, 6.07) is 11.1. The highest BCUT2D eigenvalue weighted by Gasteiger charge is 2.20. The Morgan fingerprint density at radius 1 is 1.10 bits per heavy atom. The molecule has 7 nitrogen and oxygen atoms in total. The average Bonchev–Trinajstić information content (AvgIpc) is 3.25. The van der Waals surface area contributed by atoms with Gasteiger partial charge in [0.25, 0.3) is 11.8 Å². The van der Waals surface area contributed by atoms with Crippen LogP contribution in [0.15, 0.2) is 41.8 Å². The Morgan fingerprint density at radius 2 is 1.83 bits per heavy atom. The largest absolute Gasteiger partial charge is 0.452 e. The molecular formula is C21H21N3O4S. The number of hydrogen-bond donors (Lipinski definition) is 2. The third-order valence-corrected chi connectivity index (χ3v) is 5.36. The van der Waals surface area contributed by atoms with E-state index >= 15 is 0 Å². The Balaban J connectivity index is 1.71. The third-order valence-electron chi connectivity index (χ3n) is 4.53. The first kappa shape index (κ1) is 20.3. The van der Waals surface area contributed by atoms with E-state index in [1.54, 1.807) is 11.4 Å². The molecule has 0 fully saturated rings. The minimum atomic E-state index is -0.637. The van der Waals surface area contributed by atoms with Crippen molar-refractivity contribution in [3.05, 3.63) is 69.9 Å². The van der Waals surface area contributed by atoms with E-state index in [2.05, 4.69) is 5.32 Å². The van der Waals surface area contributed by atoms with Crippen LogP contribution in [-0.2, 0) is 9.53 Å². The monoisotopic (exact) mass is 411 g/mol. The van der Waals surface area contributed by atoms with Crippen LogP contribution in [0.2, 0.25) is 0 Å². The standard InChI is InChI=1S/C21H21N3O4S/c1-12-6-4-5-7-17(12)24-13(2)10-16(14(24)3)21(27)28-11-18(25)23-20-15(19(22)26)8-9-29-20/h4-10H,11H2,1-3H3,(H2,22,26)(H,23,25). The van der Waals surface area contributed by atoms with Gasteiger partial charge in [-0.25, -0.2) is 4.79 Å². The second-order valence-corrected chi connectivity index (χ2v) is 7.47. The van der Waals surface area contributed by atoms with Gasteiger partial charge in [0.1, 0.15) is 5.00 Å². The van der Waals surface area contributed by atoms with Crippen LogP contribution < -0.4 is 11.1 Å². The molecule has 0 bridgehead atoms. The molecule has 1 aromatic carbocycles. The SMILES string of the molecule is Cc1ccccc1-n1c(C)cc(C(=O)OCC(=O)Nc2sccc2C(N)=O)c1C. The fourth-order valence-electron chi connectivity index (χ4n) is 3.13. The summed E-state index contributed by atoms with van der Waals surface area (Å²) in [7, 11) is 0. The Kier molecular flexibility index (Phi) is 5.84. The zero-order chi connectivity index (χ0) is 21.1. The van der Waals surface area contributed by atoms with Gasteiger partial charge in [0.2, 0.25) is 0 Å².